The molecule has 0 atom stereocenters. The third-order valence-corrected chi connectivity index (χ3v) is 3.96. The minimum Gasteiger partial charge on any atom is -0.426 e. The van der Waals surface area contributed by atoms with Gasteiger partial charge in [0.05, 0.1) is 11.1 Å². The number of amides is 1. The quantitative estimate of drug-likeness (QED) is 0.582. The summed E-state index contributed by atoms with van der Waals surface area (Å²) in [6, 6.07) is 11.3. The molecule has 0 radical (unpaired) electrons. The molecular formula is C21H27NO3. The van der Waals surface area contributed by atoms with Crippen LogP contribution in [0.3, 0.4) is 0 Å². The number of nitrogens with zero attached hydrogens (tertiary/aromatic N) is 1. The van der Waals surface area contributed by atoms with E-state index in [1.165, 1.54) is 0 Å². The highest BCUT2D eigenvalue weighted by molar-refractivity contribution is 6.05. The van der Waals surface area contributed by atoms with Crippen molar-refractivity contribution in [3.63, 3.8) is 0 Å². The molecule has 0 heterocycles. The van der Waals surface area contributed by atoms with Crippen molar-refractivity contribution in [3.8, 4) is 5.75 Å². The van der Waals surface area contributed by atoms with Gasteiger partial charge in [-0.05, 0) is 44.4 Å². The topological polar surface area (TPSA) is 46.6 Å². The normalized spacial score (nSPS) is 12.1. The van der Waals surface area contributed by atoms with E-state index in [2.05, 4.69) is 0 Å². The Labute approximate surface area is 149 Å². The van der Waals surface area contributed by atoms with Gasteiger partial charge in [-0.1, -0.05) is 39.0 Å². The summed E-state index contributed by atoms with van der Waals surface area (Å²) in [5, 5.41) is 1.86. The van der Waals surface area contributed by atoms with Gasteiger partial charge in [0, 0.05) is 17.8 Å². The Kier molecular flexibility index (Phi) is 4.94. The van der Waals surface area contributed by atoms with Gasteiger partial charge in [0.15, 0.2) is 0 Å². The largest absolute Gasteiger partial charge is 0.426 e. The van der Waals surface area contributed by atoms with E-state index in [4.69, 9.17) is 4.74 Å². The lowest BCUT2D eigenvalue weighted by Gasteiger charge is -2.27. The average molecular weight is 341 g/mol. The number of carbonyl (C=O) groups is 2. The van der Waals surface area contributed by atoms with E-state index < -0.39 is 10.8 Å². The lowest BCUT2D eigenvalue weighted by Crippen LogP contribution is -2.36. The number of fused-ring (bicyclic) bond motifs is 1. The Hall–Kier alpha value is -2.36. The first kappa shape index (κ1) is 19.0. The number of esters is 1. The molecule has 0 aliphatic rings. The molecule has 0 aliphatic heterocycles. The highest BCUT2D eigenvalue weighted by atomic mass is 16.5. The van der Waals surface area contributed by atoms with E-state index in [1.807, 2.05) is 71.9 Å². The number of carbonyl (C=O) groups excluding carboxylic acids is 2. The van der Waals surface area contributed by atoms with Crippen molar-refractivity contribution >= 4 is 28.3 Å². The molecule has 0 saturated carbocycles. The fourth-order valence-electron chi connectivity index (χ4n) is 2.46. The minimum atomic E-state index is -0.576. The number of hydrogen-bond acceptors (Lipinski definition) is 3. The van der Waals surface area contributed by atoms with Crippen molar-refractivity contribution in [1.82, 2.24) is 0 Å². The Morgan fingerprint density at radius 3 is 2.12 bits per heavy atom. The Balaban J connectivity index is 2.47. The van der Waals surface area contributed by atoms with Gasteiger partial charge in [0.2, 0.25) is 5.91 Å². The van der Waals surface area contributed by atoms with Crippen LogP contribution in [-0.4, -0.2) is 18.9 Å². The predicted octanol–water partition coefficient (Wildman–Crippen LogP) is 4.80. The fraction of sp³-hybridized carbons (Fsp3) is 0.429. The number of ether oxygens (including phenoxy) is 1. The standard InChI is InChI=1S/C21H27NO3/c1-20(2,3)18(23)22(7)17-10-8-9-14-11-12-15(13-16(14)17)25-19(24)21(4,5)6/h8-13H,1-7H3. The lowest BCUT2D eigenvalue weighted by atomic mass is 9.94. The van der Waals surface area contributed by atoms with E-state index in [0.717, 1.165) is 16.5 Å². The SMILES string of the molecule is CN(C(=O)C(C)(C)C)c1cccc2ccc(OC(=O)C(C)(C)C)cc12. The summed E-state index contributed by atoms with van der Waals surface area (Å²) >= 11 is 0. The van der Waals surface area contributed by atoms with Crippen LogP contribution in [0.4, 0.5) is 5.69 Å². The zero-order valence-electron chi connectivity index (χ0n) is 16.1. The van der Waals surface area contributed by atoms with Gasteiger partial charge in [-0.2, -0.15) is 0 Å². The van der Waals surface area contributed by atoms with E-state index >= 15 is 0 Å². The maximum atomic E-state index is 12.6. The van der Waals surface area contributed by atoms with Crippen molar-refractivity contribution in [3.05, 3.63) is 36.4 Å². The molecular weight excluding hydrogens is 314 g/mol. The highest BCUT2D eigenvalue weighted by Crippen LogP contribution is 2.32. The van der Waals surface area contributed by atoms with Crippen LogP contribution in [0, 0.1) is 10.8 Å². The average Bonchev–Trinajstić information content (AvgIpc) is 2.51. The number of rotatable bonds is 2. The van der Waals surface area contributed by atoms with Gasteiger partial charge in [-0.25, -0.2) is 0 Å². The van der Waals surface area contributed by atoms with E-state index in [-0.39, 0.29) is 11.9 Å². The molecule has 134 valence electrons. The van der Waals surface area contributed by atoms with Crippen LogP contribution in [-0.2, 0) is 9.59 Å². The molecule has 0 spiro atoms. The molecule has 2 aromatic rings. The molecule has 1 amide bonds. The van der Waals surface area contributed by atoms with E-state index in [9.17, 15) is 9.59 Å². The first-order valence-electron chi connectivity index (χ1n) is 8.44. The smallest absolute Gasteiger partial charge is 0.316 e. The van der Waals surface area contributed by atoms with Crippen molar-refractivity contribution in [2.45, 2.75) is 41.5 Å². The Morgan fingerprint density at radius 2 is 1.56 bits per heavy atom. The van der Waals surface area contributed by atoms with Crippen LogP contribution in [0.1, 0.15) is 41.5 Å². The monoisotopic (exact) mass is 341 g/mol. The third-order valence-electron chi connectivity index (χ3n) is 3.96. The summed E-state index contributed by atoms with van der Waals surface area (Å²) in [5.74, 6) is 0.219. The second-order valence-electron chi connectivity index (χ2n) is 8.41. The van der Waals surface area contributed by atoms with Gasteiger partial charge in [0.25, 0.3) is 0 Å². The second kappa shape index (κ2) is 6.51. The van der Waals surface area contributed by atoms with Crippen molar-refractivity contribution in [2.75, 3.05) is 11.9 Å². The van der Waals surface area contributed by atoms with Gasteiger partial charge < -0.3 is 9.64 Å². The first-order chi connectivity index (χ1) is 11.4. The molecule has 4 nitrogen and oxygen atoms in total. The van der Waals surface area contributed by atoms with E-state index in [1.54, 1.807) is 18.0 Å². The minimum absolute atomic E-state index is 0.0251. The van der Waals surface area contributed by atoms with Gasteiger partial charge in [0.1, 0.15) is 5.75 Å². The first-order valence-corrected chi connectivity index (χ1v) is 8.44. The molecule has 0 N–H and O–H groups in total. The molecule has 0 bridgehead atoms. The molecule has 0 fully saturated rings. The van der Waals surface area contributed by atoms with Crippen LogP contribution in [0.15, 0.2) is 36.4 Å². The zero-order valence-corrected chi connectivity index (χ0v) is 16.1. The Morgan fingerprint density at radius 1 is 0.920 bits per heavy atom. The van der Waals surface area contributed by atoms with Gasteiger partial charge in [-0.3, -0.25) is 9.59 Å². The summed E-state index contributed by atoms with van der Waals surface area (Å²) in [6.45, 7) is 11.1. The summed E-state index contributed by atoms with van der Waals surface area (Å²) < 4.78 is 5.51. The second-order valence-corrected chi connectivity index (χ2v) is 8.41. The van der Waals surface area contributed by atoms with Gasteiger partial charge in [-0.15, -0.1) is 0 Å². The molecule has 0 aliphatic carbocycles. The maximum Gasteiger partial charge on any atom is 0.316 e. The van der Waals surface area contributed by atoms with Crippen molar-refractivity contribution in [2.24, 2.45) is 10.8 Å². The maximum absolute atomic E-state index is 12.6. The van der Waals surface area contributed by atoms with E-state index in [0.29, 0.717) is 5.75 Å². The van der Waals surface area contributed by atoms with Crippen LogP contribution >= 0.6 is 0 Å². The van der Waals surface area contributed by atoms with Crippen LogP contribution in [0.5, 0.6) is 5.75 Å². The highest BCUT2D eigenvalue weighted by Gasteiger charge is 2.27. The lowest BCUT2D eigenvalue weighted by molar-refractivity contribution is -0.143. The molecule has 2 rings (SSSR count). The molecule has 4 heteroatoms. The van der Waals surface area contributed by atoms with Crippen molar-refractivity contribution < 1.29 is 14.3 Å². The van der Waals surface area contributed by atoms with Crippen LogP contribution in [0.25, 0.3) is 10.8 Å². The van der Waals surface area contributed by atoms with Crippen molar-refractivity contribution in [1.29, 1.82) is 0 Å². The summed E-state index contributed by atoms with van der Waals surface area (Å²) in [6.07, 6.45) is 0. The Bertz CT molecular complexity index is 810. The molecule has 2 aromatic carbocycles. The fourth-order valence-corrected chi connectivity index (χ4v) is 2.46. The summed E-state index contributed by atoms with van der Waals surface area (Å²) in [4.78, 5) is 26.4. The number of hydrogen-bond donors (Lipinski definition) is 0. The molecule has 25 heavy (non-hydrogen) atoms. The molecule has 0 unspecified atom stereocenters. The van der Waals surface area contributed by atoms with Crippen LogP contribution < -0.4 is 9.64 Å². The number of anilines is 1. The van der Waals surface area contributed by atoms with Crippen LogP contribution in [0.2, 0.25) is 0 Å². The number of benzene rings is 2. The van der Waals surface area contributed by atoms with Gasteiger partial charge >= 0.3 is 5.97 Å². The molecule has 0 saturated heterocycles. The third kappa shape index (κ3) is 4.19. The summed E-state index contributed by atoms with van der Waals surface area (Å²) in [7, 11) is 1.77. The predicted molar refractivity (Wildman–Crippen MR) is 102 cm³/mol. The zero-order chi connectivity index (χ0) is 19.0. The summed E-state index contributed by atoms with van der Waals surface area (Å²) in [5.41, 5.74) is -0.258. The molecule has 0 aromatic heterocycles.